The number of nitrogens with zero attached hydrogens (tertiary/aromatic N) is 2. The fourth-order valence-corrected chi connectivity index (χ4v) is 3.14. The average molecular weight is 282 g/mol. The molecular formula is C17H18N2O2. The third-order valence-electron chi connectivity index (χ3n) is 4.21. The molecule has 0 saturated heterocycles. The summed E-state index contributed by atoms with van der Waals surface area (Å²) in [7, 11) is 0. The fourth-order valence-electron chi connectivity index (χ4n) is 3.14. The van der Waals surface area contributed by atoms with Crippen LogP contribution in [0.25, 0.3) is 0 Å². The lowest BCUT2D eigenvalue weighted by molar-refractivity contribution is 0.0165. The Labute approximate surface area is 125 Å². The van der Waals surface area contributed by atoms with E-state index in [1.807, 2.05) is 19.1 Å². The SMILES string of the molecule is CCC1Oc2ccccc2C(=O)C1(CCC#N)CCC#N. The van der Waals surface area contributed by atoms with Gasteiger partial charge in [-0.3, -0.25) is 4.79 Å². The zero-order valence-corrected chi connectivity index (χ0v) is 12.1. The molecule has 0 spiro atoms. The topological polar surface area (TPSA) is 73.9 Å². The van der Waals surface area contributed by atoms with Crippen LogP contribution in [0.4, 0.5) is 0 Å². The van der Waals surface area contributed by atoms with E-state index in [0.29, 0.717) is 43.4 Å². The van der Waals surface area contributed by atoms with Crippen molar-refractivity contribution in [1.29, 1.82) is 10.5 Å². The van der Waals surface area contributed by atoms with Crippen molar-refractivity contribution < 1.29 is 9.53 Å². The summed E-state index contributed by atoms with van der Waals surface area (Å²) in [5.41, 5.74) is -0.188. The van der Waals surface area contributed by atoms with Gasteiger partial charge in [0.2, 0.25) is 0 Å². The normalized spacial score (nSPS) is 19.0. The van der Waals surface area contributed by atoms with Gasteiger partial charge in [-0.2, -0.15) is 10.5 Å². The van der Waals surface area contributed by atoms with Crippen LogP contribution in [0.1, 0.15) is 49.4 Å². The second kappa shape index (κ2) is 6.41. The summed E-state index contributed by atoms with van der Waals surface area (Å²) in [5, 5.41) is 17.8. The molecule has 4 nitrogen and oxygen atoms in total. The van der Waals surface area contributed by atoms with Crippen LogP contribution in [-0.2, 0) is 0 Å². The predicted octanol–water partition coefficient (Wildman–Crippen LogP) is 3.63. The number of ketones is 1. The first-order chi connectivity index (χ1) is 10.2. The van der Waals surface area contributed by atoms with Crippen molar-refractivity contribution in [2.45, 2.75) is 45.1 Å². The molecule has 1 heterocycles. The van der Waals surface area contributed by atoms with Crippen molar-refractivity contribution in [3.8, 4) is 17.9 Å². The summed E-state index contributed by atoms with van der Waals surface area (Å²) >= 11 is 0. The molecule has 0 N–H and O–H groups in total. The Morgan fingerprint density at radius 1 is 1.19 bits per heavy atom. The van der Waals surface area contributed by atoms with Crippen molar-refractivity contribution >= 4 is 5.78 Å². The van der Waals surface area contributed by atoms with Crippen LogP contribution in [0.2, 0.25) is 0 Å². The van der Waals surface area contributed by atoms with E-state index in [-0.39, 0.29) is 11.9 Å². The van der Waals surface area contributed by atoms with Crippen LogP contribution in [0, 0.1) is 28.1 Å². The summed E-state index contributed by atoms with van der Waals surface area (Å²) in [6.07, 6.45) is 1.87. The van der Waals surface area contributed by atoms with E-state index in [2.05, 4.69) is 12.1 Å². The van der Waals surface area contributed by atoms with Crippen molar-refractivity contribution in [3.63, 3.8) is 0 Å². The Bertz CT molecular complexity index is 592. The van der Waals surface area contributed by atoms with Gasteiger partial charge in [0.25, 0.3) is 0 Å². The molecule has 0 aromatic heterocycles. The summed E-state index contributed by atoms with van der Waals surface area (Å²) < 4.78 is 6.02. The first kappa shape index (κ1) is 15.1. The predicted molar refractivity (Wildman–Crippen MR) is 77.6 cm³/mol. The molecule has 1 aromatic rings. The lowest BCUT2D eigenvalue weighted by atomic mass is 9.67. The highest BCUT2D eigenvalue weighted by molar-refractivity contribution is 6.04. The zero-order chi connectivity index (χ0) is 15.3. The molecule has 0 saturated carbocycles. The maximum absolute atomic E-state index is 13.0. The first-order valence-corrected chi connectivity index (χ1v) is 7.24. The molecule has 21 heavy (non-hydrogen) atoms. The number of hydrogen-bond donors (Lipinski definition) is 0. The Morgan fingerprint density at radius 2 is 1.81 bits per heavy atom. The minimum absolute atomic E-state index is 0.0155. The highest BCUT2D eigenvalue weighted by Crippen LogP contribution is 2.46. The number of Topliss-reactive ketones (excluding diaryl/α,β-unsaturated/α-hetero) is 1. The van der Waals surface area contributed by atoms with Gasteiger partial charge in [0, 0.05) is 12.8 Å². The van der Waals surface area contributed by atoms with Gasteiger partial charge in [-0.15, -0.1) is 0 Å². The molecular weight excluding hydrogens is 264 g/mol. The van der Waals surface area contributed by atoms with Crippen LogP contribution in [0.15, 0.2) is 24.3 Å². The lowest BCUT2D eigenvalue weighted by Gasteiger charge is -2.42. The number of carbonyl (C=O) groups excluding carboxylic acids is 1. The van der Waals surface area contributed by atoms with E-state index >= 15 is 0 Å². The molecule has 0 bridgehead atoms. The van der Waals surface area contributed by atoms with Crippen LogP contribution in [0.5, 0.6) is 5.75 Å². The van der Waals surface area contributed by atoms with Gasteiger partial charge >= 0.3 is 0 Å². The third kappa shape index (κ3) is 2.62. The second-order valence-corrected chi connectivity index (χ2v) is 5.31. The monoisotopic (exact) mass is 282 g/mol. The molecule has 108 valence electrons. The first-order valence-electron chi connectivity index (χ1n) is 7.24. The van der Waals surface area contributed by atoms with Gasteiger partial charge < -0.3 is 4.74 Å². The Balaban J connectivity index is 2.47. The smallest absolute Gasteiger partial charge is 0.176 e. The van der Waals surface area contributed by atoms with E-state index in [1.165, 1.54) is 0 Å². The number of carbonyl (C=O) groups is 1. The number of nitriles is 2. The Morgan fingerprint density at radius 3 is 2.38 bits per heavy atom. The van der Waals surface area contributed by atoms with E-state index in [1.54, 1.807) is 12.1 Å². The van der Waals surface area contributed by atoms with Crippen molar-refractivity contribution in [1.82, 2.24) is 0 Å². The molecule has 1 aliphatic rings. The Kier molecular flexibility index (Phi) is 4.60. The van der Waals surface area contributed by atoms with Crippen LogP contribution in [0.3, 0.4) is 0 Å². The van der Waals surface area contributed by atoms with Crippen LogP contribution in [-0.4, -0.2) is 11.9 Å². The quantitative estimate of drug-likeness (QED) is 0.826. The van der Waals surface area contributed by atoms with E-state index in [9.17, 15) is 4.79 Å². The molecule has 0 amide bonds. The molecule has 1 aromatic carbocycles. The van der Waals surface area contributed by atoms with Gasteiger partial charge in [0.15, 0.2) is 5.78 Å². The summed E-state index contributed by atoms with van der Waals surface area (Å²) in [4.78, 5) is 13.0. The van der Waals surface area contributed by atoms with Gasteiger partial charge in [0.05, 0.1) is 23.1 Å². The maximum Gasteiger partial charge on any atom is 0.176 e. The van der Waals surface area contributed by atoms with Gasteiger partial charge in [-0.1, -0.05) is 19.1 Å². The number of para-hydroxylation sites is 1. The molecule has 0 aliphatic carbocycles. The molecule has 0 fully saturated rings. The minimum Gasteiger partial charge on any atom is -0.489 e. The number of fused-ring (bicyclic) bond motifs is 1. The molecule has 1 atom stereocenters. The van der Waals surface area contributed by atoms with Crippen LogP contribution < -0.4 is 4.74 Å². The van der Waals surface area contributed by atoms with Crippen molar-refractivity contribution in [3.05, 3.63) is 29.8 Å². The highest BCUT2D eigenvalue weighted by Gasteiger charge is 2.49. The molecule has 1 unspecified atom stereocenters. The summed E-state index contributed by atoms with van der Waals surface area (Å²) in [6.45, 7) is 1.97. The van der Waals surface area contributed by atoms with Crippen LogP contribution >= 0.6 is 0 Å². The fraction of sp³-hybridized carbons (Fsp3) is 0.471. The number of hydrogen-bond acceptors (Lipinski definition) is 4. The zero-order valence-electron chi connectivity index (χ0n) is 12.1. The van der Waals surface area contributed by atoms with Gasteiger partial charge in [-0.05, 0) is 31.4 Å². The second-order valence-electron chi connectivity index (χ2n) is 5.31. The van der Waals surface area contributed by atoms with Crippen molar-refractivity contribution in [2.75, 3.05) is 0 Å². The van der Waals surface area contributed by atoms with Gasteiger partial charge in [-0.25, -0.2) is 0 Å². The van der Waals surface area contributed by atoms with Crippen molar-refractivity contribution in [2.24, 2.45) is 5.41 Å². The highest BCUT2D eigenvalue weighted by atomic mass is 16.5. The lowest BCUT2D eigenvalue weighted by Crippen LogP contribution is -2.48. The van der Waals surface area contributed by atoms with E-state index in [4.69, 9.17) is 15.3 Å². The third-order valence-corrected chi connectivity index (χ3v) is 4.21. The summed E-state index contributed by atoms with van der Waals surface area (Å²) in [5.74, 6) is 0.626. The van der Waals surface area contributed by atoms with E-state index < -0.39 is 5.41 Å². The van der Waals surface area contributed by atoms with Gasteiger partial charge in [0.1, 0.15) is 11.9 Å². The standard InChI is InChI=1S/C17H18N2O2/c1-2-15-17(9-5-11-18,10-6-12-19)16(20)13-7-3-4-8-14(13)21-15/h3-4,7-8,15H,2,5-6,9-10H2,1H3. The molecule has 4 heteroatoms. The Hall–Kier alpha value is -2.33. The average Bonchev–Trinajstić information content (AvgIpc) is 2.53. The number of ether oxygens (including phenoxy) is 1. The van der Waals surface area contributed by atoms with E-state index in [0.717, 1.165) is 0 Å². The number of rotatable bonds is 5. The summed E-state index contributed by atoms with van der Waals surface area (Å²) in [6, 6.07) is 11.4. The largest absolute Gasteiger partial charge is 0.489 e. The molecule has 0 radical (unpaired) electrons. The molecule has 2 rings (SSSR count). The molecule has 1 aliphatic heterocycles. The maximum atomic E-state index is 13.0. The minimum atomic E-state index is -0.755. The number of benzene rings is 1.